The number of nitrogens with zero attached hydrogens (tertiary/aromatic N) is 3. The van der Waals surface area contributed by atoms with Crippen LogP contribution in [0.25, 0.3) is 6.08 Å². The van der Waals surface area contributed by atoms with Crippen LogP contribution in [0, 0.1) is 5.82 Å². The first-order valence-corrected chi connectivity index (χ1v) is 11.7. The summed E-state index contributed by atoms with van der Waals surface area (Å²) in [6, 6.07) is 12.0. The van der Waals surface area contributed by atoms with Gasteiger partial charge < -0.3 is 24.6 Å². The molecular formula is C26H29FN4O5. The Morgan fingerprint density at radius 2 is 1.86 bits per heavy atom. The smallest absolute Gasteiger partial charge is 0.414 e. The molecule has 0 unspecified atom stereocenters. The van der Waals surface area contributed by atoms with Gasteiger partial charge in [-0.2, -0.15) is 0 Å². The lowest BCUT2D eigenvalue weighted by Crippen LogP contribution is -2.48. The summed E-state index contributed by atoms with van der Waals surface area (Å²) in [4.78, 5) is 40.9. The third kappa shape index (κ3) is 5.94. The molecule has 2 fully saturated rings. The number of carbonyl (C=O) groups is 3. The lowest BCUT2D eigenvalue weighted by atomic mass is 10.2. The first kappa shape index (κ1) is 25.0. The Kier molecular flexibility index (Phi) is 7.72. The summed E-state index contributed by atoms with van der Waals surface area (Å²) in [5.74, 6) is -0.0104. The molecule has 0 spiro atoms. The topological polar surface area (TPSA) is 91.4 Å². The quantitative estimate of drug-likeness (QED) is 0.593. The number of cyclic esters (lactones) is 1. The normalized spacial score (nSPS) is 17.9. The molecule has 190 valence electrons. The Labute approximate surface area is 209 Å². The van der Waals surface area contributed by atoms with E-state index in [1.165, 1.54) is 17.9 Å². The second kappa shape index (κ2) is 11.1. The van der Waals surface area contributed by atoms with Crippen LogP contribution in [0.1, 0.15) is 12.5 Å². The number of carbonyl (C=O) groups excluding carboxylic acids is 3. The second-order valence-electron chi connectivity index (χ2n) is 8.61. The molecule has 0 bridgehead atoms. The van der Waals surface area contributed by atoms with Crippen LogP contribution in [0.15, 0.2) is 48.5 Å². The number of benzene rings is 2. The molecule has 2 aromatic carbocycles. The number of rotatable bonds is 7. The lowest BCUT2D eigenvalue weighted by molar-refractivity contribution is -0.126. The van der Waals surface area contributed by atoms with Gasteiger partial charge in [0.2, 0.25) is 11.8 Å². The van der Waals surface area contributed by atoms with Crippen molar-refractivity contribution >= 4 is 35.4 Å². The Balaban J connectivity index is 1.32. The van der Waals surface area contributed by atoms with Gasteiger partial charge in [-0.05, 0) is 42.0 Å². The minimum absolute atomic E-state index is 0.0948. The molecule has 3 amide bonds. The first-order valence-electron chi connectivity index (χ1n) is 11.7. The van der Waals surface area contributed by atoms with E-state index in [0.717, 1.165) is 11.3 Å². The van der Waals surface area contributed by atoms with Crippen LogP contribution >= 0.6 is 0 Å². The lowest BCUT2D eigenvalue weighted by Gasteiger charge is -2.36. The van der Waals surface area contributed by atoms with Gasteiger partial charge in [0.05, 0.1) is 31.6 Å². The summed E-state index contributed by atoms with van der Waals surface area (Å²) in [6.07, 6.45) is 2.23. The van der Waals surface area contributed by atoms with E-state index < -0.39 is 18.0 Å². The zero-order valence-corrected chi connectivity index (χ0v) is 20.3. The Morgan fingerprint density at radius 1 is 1.14 bits per heavy atom. The van der Waals surface area contributed by atoms with Gasteiger partial charge in [-0.25, -0.2) is 9.18 Å². The summed E-state index contributed by atoms with van der Waals surface area (Å²) >= 11 is 0. The Bertz CT molecular complexity index is 1150. The van der Waals surface area contributed by atoms with E-state index in [0.29, 0.717) is 37.6 Å². The van der Waals surface area contributed by atoms with Crippen LogP contribution in [0.5, 0.6) is 5.75 Å². The zero-order valence-electron chi connectivity index (χ0n) is 20.3. The highest BCUT2D eigenvalue weighted by atomic mass is 19.1. The molecule has 4 rings (SSSR count). The third-order valence-electron chi connectivity index (χ3n) is 6.16. The molecule has 0 radical (unpaired) electrons. The van der Waals surface area contributed by atoms with Crippen LogP contribution < -0.4 is 19.9 Å². The highest BCUT2D eigenvalue weighted by Gasteiger charge is 2.33. The van der Waals surface area contributed by atoms with Crippen molar-refractivity contribution in [1.82, 2.24) is 10.2 Å². The molecule has 2 aliphatic rings. The average molecular weight is 497 g/mol. The fourth-order valence-corrected chi connectivity index (χ4v) is 4.17. The van der Waals surface area contributed by atoms with E-state index in [2.05, 4.69) is 5.32 Å². The van der Waals surface area contributed by atoms with Crippen molar-refractivity contribution in [1.29, 1.82) is 0 Å². The average Bonchev–Trinajstić information content (AvgIpc) is 3.26. The molecule has 0 aromatic heterocycles. The summed E-state index contributed by atoms with van der Waals surface area (Å²) in [6.45, 7) is 3.73. The van der Waals surface area contributed by atoms with Crippen LogP contribution in [0.2, 0.25) is 0 Å². The van der Waals surface area contributed by atoms with Crippen LogP contribution in [-0.2, 0) is 14.3 Å². The number of anilines is 2. The minimum Gasteiger partial charge on any atom is -0.497 e. The standard InChI is InChI=1S/C26H29FN4O5/c1-18(32)28-16-22-17-31(26(34)36-22)20-6-9-24(23(27)15-20)29-11-13-30(14-12-29)25(33)10-5-19-3-7-21(35-2)8-4-19/h3-10,15,22H,11-14,16-17H2,1-2H3,(H,28,32)/t22-/m0/s1. The summed E-state index contributed by atoms with van der Waals surface area (Å²) in [7, 11) is 1.60. The van der Waals surface area contributed by atoms with Crippen molar-refractivity contribution in [3.8, 4) is 5.75 Å². The van der Waals surface area contributed by atoms with Crippen molar-refractivity contribution in [2.45, 2.75) is 13.0 Å². The highest BCUT2D eigenvalue weighted by Crippen LogP contribution is 2.28. The second-order valence-corrected chi connectivity index (χ2v) is 8.61. The number of hydrogen-bond donors (Lipinski definition) is 1. The number of piperazine rings is 1. The van der Waals surface area contributed by atoms with Crippen LogP contribution in [-0.4, -0.2) is 75.3 Å². The van der Waals surface area contributed by atoms with Crippen molar-refractivity contribution in [2.24, 2.45) is 0 Å². The number of ether oxygens (including phenoxy) is 2. The fraction of sp³-hybridized carbons (Fsp3) is 0.346. The van der Waals surface area contributed by atoms with Gasteiger partial charge in [0.15, 0.2) is 0 Å². The predicted molar refractivity (Wildman–Crippen MR) is 134 cm³/mol. The van der Waals surface area contributed by atoms with E-state index in [4.69, 9.17) is 9.47 Å². The van der Waals surface area contributed by atoms with Crippen LogP contribution in [0.3, 0.4) is 0 Å². The van der Waals surface area contributed by atoms with Crippen molar-refractivity contribution < 1.29 is 28.2 Å². The van der Waals surface area contributed by atoms with Crippen molar-refractivity contribution in [2.75, 3.05) is 56.2 Å². The fourth-order valence-electron chi connectivity index (χ4n) is 4.17. The van der Waals surface area contributed by atoms with E-state index in [1.54, 1.807) is 36.3 Å². The zero-order chi connectivity index (χ0) is 25.7. The molecular weight excluding hydrogens is 467 g/mol. The minimum atomic E-state index is -0.577. The molecule has 36 heavy (non-hydrogen) atoms. The van der Waals surface area contributed by atoms with Crippen LogP contribution in [0.4, 0.5) is 20.6 Å². The number of hydrogen-bond acceptors (Lipinski definition) is 6. The van der Waals surface area contributed by atoms with Gasteiger partial charge in [-0.15, -0.1) is 0 Å². The summed E-state index contributed by atoms with van der Waals surface area (Å²) in [5.41, 5.74) is 1.71. The van der Waals surface area contributed by atoms with Gasteiger partial charge in [0, 0.05) is 39.2 Å². The number of amides is 3. The predicted octanol–water partition coefficient (Wildman–Crippen LogP) is 2.66. The third-order valence-corrected chi connectivity index (χ3v) is 6.16. The molecule has 1 N–H and O–H groups in total. The molecule has 2 aliphatic heterocycles. The summed E-state index contributed by atoms with van der Waals surface area (Å²) in [5, 5.41) is 2.62. The maximum absolute atomic E-state index is 15.0. The Hall–Kier alpha value is -4.08. The van der Waals surface area contributed by atoms with Gasteiger partial charge >= 0.3 is 6.09 Å². The molecule has 9 nitrogen and oxygen atoms in total. The maximum Gasteiger partial charge on any atom is 0.414 e. The first-order chi connectivity index (χ1) is 17.3. The van der Waals surface area contributed by atoms with Gasteiger partial charge in [-0.1, -0.05) is 12.1 Å². The molecule has 2 aromatic rings. The monoisotopic (exact) mass is 496 g/mol. The van der Waals surface area contributed by atoms with E-state index >= 15 is 4.39 Å². The molecule has 2 saturated heterocycles. The molecule has 1 atom stereocenters. The molecule has 0 aliphatic carbocycles. The maximum atomic E-state index is 15.0. The number of nitrogens with one attached hydrogen (secondary N) is 1. The van der Waals surface area contributed by atoms with E-state index in [1.807, 2.05) is 29.2 Å². The van der Waals surface area contributed by atoms with Crippen molar-refractivity contribution in [3.05, 3.63) is 59.9 Å². The van der Waals surface area contributed by atoms with Gasteiger partial charge in [-0.3, -0.25) is 14.5 Å². The van der Waals surface area contributed by atoms with Crippen molar-refractivity contribution in [3.63, 3.8) is 0 Å². The van der Waals surface area contributed by atoms with Gasteiger partial charge in [0.25, 0.3) is 0 Å². The molecule has 10 heteroatoms. The molecule has 0 saturated carbocycles. The largest absolute Gasteiger partial charge is 0.497 e. The van der Waals surface area contributed by atoms with Gasteiger partial charge in [0.1, 0.15) is 17.7 Å². The SMILES string of the molecule is COc1ccc(C=CC(=O)N2CCN(c3ccc(N4C[C@H](CNC(C)=O)OC4=O)cc3F)CC2)cc1. The number of methoxy groups -OCH3 is 1. The Morgan fingerprint density at radius 3 is 2.50 bits per heavy atom. The molecule has 2 heterocycles. The highest BCUT2D eigenvalue weighted by molar-refractivity contribution is 5.92. The van der Waals surface area contributed by atoms with E-state index in [9.17, 15) is 14.4 Å². The summed E-state index contributed by atoms with van der Waals surface area (Å²) < 4.78 is 25.4. The number of halogens is 1. The van der Waals surface area contributed by atoms with E-state index in [-0.39, 0.29) is 24.9 Å².